The van der Waals surface area contributed by atoms with Gasteiger partial charge in [0.1, 0.15) is 23.0 Å². The number of pyridine rings is 1. The number of halogens is 1. The molecule has 1 aromatic heterocycles. The Morgan fingerprint density at radius 2 is 1.88 bits per heavy atom. The second-order valence-electron chi connectivity index (χ2n) is 7.08. The summed E-state index contributed by atoms with van der Waals surface area (Å²) in [5.41, 5.74) is 8.72. The first kappa shape index (κ1) is 21.4. The summed E-state index contributed by atoms with van der Waals surface area (Å²) in [6, 6.07) is 16.7. The van der Waals surface area contributed by atoms with E-state index in [9.17, 15) is 9.18 Å². The fourth-order valence-corrected chi connectivity index (χ4v) is 3.58. The quantitative estimate of drug-likeness (QED) is 0.576. The Bertz CT molecular complexity index is 1180. The minimum Gasteiger partial charge on any atom is -0.457 e. The van der Waals surface area contributed by atoms with Crippen LogP contribution in [0.25, 0.3) is 0 Å². The maximum absolute atomic E-state index is 13.3. The fourth-order valence-electron chi connectivity index (χ4n) is 3.41. The monoisotopic (exact) mass is 449 g/mol. The van der Waals surface area contributed by atoms with Gasteiger partial charge in [0.2, 0.25) is 0 Å². The van der Waals surface area contributed by atoms with Crippen LogP contribution in [-0.2, 0) is 0 Å². The maximum atomic E-state index is 13.3. The molecule has 3 aromatic rings. The molecule has 0 bridgehead atoms. The molecular weight excluding hydrogens is 429 g/mol. The van der Waals surface area contributed by atoms with E-state index in [1.54, 1.807) is 36.3 Å². The summed E-state index contributed by atoms with van der Waals surface area (Å²) in [5.74, 6) is 0.508. The molecule has 1 amide bonds. The van der Waals surface area contributed by atoms with Gasteiger partial charge in [-0.3, -0.25) is 9.78 Å². The Morgan fingerprint density at radius 3 is 2.53 bits per heavy atom. The zero-order chi connectivity index (χ0) is 22.7. The lowest BCUT2D eigenvalue weighted by atomic mass is 9.98. The van der Waals surface area contributed by atoms with E-state index in [0.29, 0.717) is 17.9 Å². The number of nitrogens with zero attached hydrogens (tertiary/aromatic N) is 3. The van der Waals surface area contributed by atoms with E-state index in [1.165, 1.54) is 18.3 Å². The Hall–Kier alpha value is -3.85. The second kappa shape index (κ2) is 9.11. The topological polar surface area (TPSA) is 92.8 Å². The maximum Gasteiger partial charge on any atom is 0.269 e. The third kappa shape index (κ3) is 4.57. The predicted molar refractivity (Wildman–Crippen MR) is 123 cm³/mol. The number of hydrazone groups is 1. The molecule has 1 aliphatic rings. The van der Waals surface area contributed by atoms with E-state index >= 15 is 0 Å². The van der Waals surface area contributed by atoms with Crippen molar-refractivity contribution in [2.24, 2.45) is 10.8 Å². The van der Waals surface area contributed by atoms with E-state index in [-0.39, 0.29) is 28.6 Å². The summed E-state index contributed by atoms with van der Waals surface area (Å²) in [4.78, 5) is 15.8. The fraction of sp³-hybridized carbons (Fsp3) is 0.130. The van der Waals surface area contributed by atoms with Crippen molar-refractivity contribution in [1.29, 1.82) is 0 Å². The number of carbonyl (C=O) groups excluding carboxylic acids is 1. The SMILES string of the molecule is CNC(=O)c1cc(Oc2ccc(C3=NN(C(N)=S)C(c4ccc(F)cc4)C3)cc2)ccn1. The lowest BCUT2D eigenvalue weighted by Gasteiger charge is -2.21. The van der Waals surface area contributed by atoms with Gasteiger partial charge < -0.3 is 15.8 Å². The van der Waals surface area contributed by atoms with Crippen LogP contribution in [-0.4, -0.2) is 33.8 Å². The van der Waals surface area contributed by atoms with Crippen LogP contribution in [0.2, 0.25) is 0 Å². The van der Waals surface area contributed by atoms with E-state index in [4.69, 9.17) is 22.7 Å². The molecular formula is C23H20FN5O2S. The zero-order valence-corrected chi connectivity index (χ0v) is 18.0. The van der Waals surface area contributed by atoms with Crippen LogP contribution in [0.15, 0.2) is 72.0 Å². The van der Waals surface area contributed by atoms with E-state index < -0.39 is 0 Å². The summed E-state index contributed by atoms with van der Waals surface area (Å²) in [6.07, 6.45) is 2.09. The zero-order valence-electron chi connectivity index (χ0n) is 17.2. The number of aromatic nitrogens is 1. The van der Waals surface area contributed by atoms with Gasteiger partial charge in [-0.25, -0.2) is 9.40 Å². The van der Waals surface area contributed by atoms with Crippen molar-refractivity contribution in [1.82, 2.24) is 15.3 Å². The van der Waals surface area contributed by atoms with Crippen molar-refractivity contribution in [3.63, 3.8) is 0 Å². The molecule has 3 N–H and O–H groups in total. The smallest absolute Gasteiger partial charge is 0.269 e. The summed E-state index contributed by atoms with van der Waals surface area (Å²) in [7, 11) is 1.54. The number of amides is 1. The Labute approximate surface area is 189 Å². The van der Waals surface area contributed by atoms with Crippen molar-refractivity contribution in [2.75, 3.05) is 7.05 Å². The molecule has 0 spiro atoms. The van der Waals surface area contributed by atoms with Crippen LogP contribution >= 0.6 is 12.2 Å². The largest absolute Gasteiger partial charge is 0.457 e. The molecule has 2 heterocycles. The van der Waals surface area contributed by atoms with Crippen LogP contribution in [0.1, 0.15) is 34.1 Å². The van der Waals surface area contributed by atoms with Crippen LogP contribution < -0.4 is 15.8 Å². The average molecular weight is 450 g/mol. The molecule has 162 valence electrons. The van der Waals surface area contributed by atoms with Gasteiger partial charge in [-0.2, -0.15) is 5.10 Å². The number of benzene rings is 2. The van der Waals surface area contributed by atoms with Gasteiger partial charge in [0, 0.05) is 25.7 Å². The average Bonchev–Trinajstić information content (AvgIpc) is 3.25. The molecule has 32 heavy (non-hydrogen) atoms. The molecule has 0 saturated heterocycles. The first-order valence-electron chi connectivity index (χ1n) is 9.82. The van der Waals surface area contributed by atoms with Crippen LogP contribution in [0.3, 0.4) is 0 Å². The molecule has 0 saturated carbocycles. The van der Waals surface area contributed by atoms with Crippen LogP contribution in [0.4, 0.5) is 4.39 Å². The first-order chi connectivity index (χ1) is 15.4. The van der Waals surface area contributed by atoms with Gasteiger partial charge in [-0.15, -0.1) is 0 Å². The normalized spacial score (nSPS) is 15.2. The van der Waals surface area contributed by atoms with Gasteiger partial charge in [0.15, 0.2) is 5.11 Å². The van der Waals surface area contributed by atoms with Crippen molar-refractivity contribution < 1.29 is 13.9 Å². The molecule has 4 rings (SSSR count). The molecule has 0 radical (unpaired) electrons. The van der Waals surface area contributed by atoms with Crippen molar-refractivity contribution in [3.8, 4) is 11.5 Å². The van der Waals surface area contributed by atoms with Gasteiger partial charge in [0.25, 0.3) is 5.91 Å². The molecule has 1 atom stereocenters. The standard InChI is InChI=1S/C23H20FN5O2S/c1-26-22(30)20-12-18(10-11-27-20)31-17-8-4-14(5-9-17)19-13-21(29(28-19)23(25)32)15-2-6-16(24)7-3-15/h2-12,21H,13H2,1H3,(H2,25,32)(H,26,30). The molecule has 0 fully saturated rings. The Kier molecular flexibility index (Phi) is 6.09. The molecule has 7 nitrogen and oxygen atoms in total. The first-order valence-corrected chi connectivity index (χ1v) is 10.2. The number of hydrogen-bond donors (Lipinski definition) is 2. The molecule has 1 aliphatic heterocycles. The summed E-state index contributed by atoms with van der Waals surface area (Å²) in [5, 5.41) is 8.85. The minimum absolute atomic E-state index is 0.152. The van der Waals surface area contributed by atoms with Crippen LogP contribution in [0, 0.1) is 5.82 Å². The highest BCUT2D eigenvalue weighted by Crippen LogP contribution is 2.33. The highest BCUT2D eigenvalue weighted by molar-refractivity contribution is 7.80. The van der Waals surface area contributed by atoms with E-state index in [1.807, 2.05) is 24.3 Å². The summed E-state index contributed by atoms with van der Waals surface area (Å²) < 4.78 is 19.2. The predicted octanol–water partition coefficient (Wildman–Crippen LogP) is 3.77. The van der Waals surface area contributed by atoms with Gasteiger partial charge in [-0.1, -0.05) is 12.1 Å². The number of nitrogens with two attached hydrogens (primary N) is 1. The van der Waals surface area contributed by atoms with Gasteiger partial charge >= 0.3 is 0 Å². The number of thiocarbonyl (C=S) groups is 1. The van der Waals surface area contributed by atoms with Crippen molar-refractivity contribution in [3.05, 3.63) is 89.5 Å². The van der Waals surface area contributed by atoms with Crippen molar-refractivity contribution >= 4 is 28.9 Å². The third-order valence-electron chi connectivity index (χ3n) is 5.01. The lowest BCUT2D eigenvalue weighted by Crippen LogP contribution is -2.31. The Balaban J connectivity index is 1.51. The van der Waals surface area contributed by atoms with Gasteiger partial charge in [-0.05, 0) is 65.8 Å². The number of nitrogens with one attached hydrogen (secondary N) is 1. The number of carbonyl (C=O) groups is 1. The number of rotatable bonds is 5. The molecule has 0 aliphatic carbocycles. The third-order valence-corrected chi connectivity index (χ3v) is 5.19. The highest BCUT2D eigenvalue weighted by Gasteiger charge is 2.30. The number of ether oxygens (including phenoxy) is 1. The highest BCUT2D eigenvalue weighted by atomic mass is 32.1. The van der Waals surface area contributed by atoms with Crippen molar-refractivity contribution in [2.45, 2.75) is 12.5 Å². The van der Waals surface area contributed by atoms with Crippen LogP contribution in [0.5, 0.6) is 11.5 Å². The number of hydrogen-bond acceptors (Lipinski definition) is 5. The summed E-state index contributed by atoms with van der Waals surface area (Å²) in [6.45, 7) is 0. The minimum atomic E-state index is -0.304. The lowest BCUT2D eigenvalue weighted by molar-refractivity contribution is 0.0958. The summed E-state index contributed by atoms with van der Waals surface area (Å²) >= 11 is 5.16. The molecule has 1 unspecified atom stereocenters. The van der Waals surface area contributed by atoms with E-state index in [0.717, 1.165) is 16.8 Å². The molecule has 2 aromatic carbocycles. The second-order valence-corrected chi connectivity index (χ2v) is 7.50. The Morgan fingerprint density at radius 1 is 1.16 bits per heavy atom. The molecule has 9 heteroatoms. The van der Waals surface area contributed by atoms with Gasteiger partial charge in [0.05, 0.1) is 11.8 Å². The van der Waals surface area contributed by atoms with E-state index in [2.05, 4.69) is 15.4 Å².